The third-order valence-corrected chi connectivity index (χ3v) is 4.07. The predicted molar refractivity (Wildman–Crippen MR) is 86.7 cm³/mol. The zero-order chi connectivity index (χ0) is 20.5. The fourth-order valence-corrected chi connectivity index (χ4v) is 2.75. The lowest BCUT2D eigenvalue weighted by Crippen LogP contribution is -2.39. The lowest BCUT2D eigenvalue weighted by atomic mass is 10.1. The number of nitrogens with zero attached hydrogens (tertiary/aromatic N) is 4. The largest absolute Gasteiger partial charge is 0.364 e. The zero-order valence-electron chi connectivity index (χ0n) is 14.8. The molecule has 0 radical (unpaired) electrons. The minimum atomic E-state index is -0.849. The van der Waals surface area contributed by atoms with Gasteiger partial charge < -0.3 is 19.4 Å². The molecule has 28 heavy (non-hydrogen) atoms. The zero-order valence-corrected chi connectivity index (χ0v) is 14.8. The van der Waals surface area contributed by atoms with E-state index in [1.54, 1.807) is 0 Å². The molecule has 0 aromatic carbocycles. The van der Waals surface area contributed by atoms with Gasteiger partial charge in [-0.15, -0.1) is 30.4 Å². The molecule has 0 amide bonds. The second-order valence-electron chi connectivity index (χ2n) is 6.07. The van der Waals surface area contributed by atoms with Crippen molar-refractivity contribution in [1.29, 1.82) is 0 Å². The Balaban J connectivity index is 1.64. The number of hydrogen-bond acceptors (Lipinski definition) is 12. The molecule has 0 saturated carbocycles. The van der Waals surface area contributed by atoms with Crippen molar-refractivity contribution in [3.05, 3.63) is 32.4 Å². The number of piperidine rings is 2. The van der Waals surface area contributed by atoms with Crippen molar-refractivity contribution in [3.63, 3.8) is 0 Å². The van der Waals surface area contributed by atoms with Gasteiger partial charge in [0.2, 0.25) is 0 Å². The summed E-state index contributed by atoms with van der Waals surface area (Å²) in [5.74, 6) is -1.58. The molecule has 14 nitrogen and oxygen atoms in total. The Morgan fingerprint density at radius 2 is 1.07 bits per heavy atom. The summed E-state index contributed by atoms with van der Waals surface area (Å²) < 4.78 is 0. The lowest BCUT2D eigenvalue weighted by Gasteiger charge is -2.29. The minimum Gasteiger partial charge on any atom is -0.364 e. The van der Waals surface area contributed by atoms with E-state index in [0.717, 1.165) is 12.2 Å². The van der Waals surface area contributed by atoms with Crippen LogP contribution < -0.4 is 0 Å². The normalized spacial score (nSPS) is 19.9. The van der Waals surface area contributed by atoms with Crippen LogP contribution in [0.4, 0.5) is 0 Å². The van der Waals surface area contributed by atoms with Gasteiger partial charge in [-0.1, -0.05) is 0 Å². The molecule has 2 fully saturated rings. The third kappa shape index (κ3) is 7.71. The van der Waals surface area contributed by atoms with Gasteiger partial charge in [0.15, 0.2) is 0 Å². The van der Waals surface area contributed by atoms with Gasteiger partial charge in [0.25, 0.3) is 10.2 Å². The van der Waals surface area contributed by atoms with Gasteiger partial charge in [0.05, 0.1) is 0 Å². The molecule has 2 heterocycles. The van der Waals surface area contributed by atoms with Crippen LogP contribution in [-0.4, -0.2) is 70.6 Å². The highest BCUT2D eigenvalue weighted by molar-refractivity contribution is 5.91. The van der Waals surface area contributed by atoms with E-state index in [1.165, 1.54) is 10.1 Å². The molecule has 0 aromatic heterocycles. The van der Waals surface area contributed by atoms with E-state index in [-0.39, 0.29) is 26.2 Å². The molecule has 0 spiro atoms. The Bertz CT molecular complexity index is 559. The second kappa shape index (κ2) is 10.4. The Labute approximate surface area is 158 Å². The highest BCUT2D eigenvalue weighted by Gasteiger charge is 2.25. The molecular formula is C14H20N4O10. The van der Waals surface area contributed by atoms with Crippen molar-refractivity contribution in [3.8, 4) is 0 Å². The second-order valence-corrected chi connectivity index (χ2v) is 6.07. The van der Waals surface area contributed by atoms with Crippen molar-refractivity contribution in [2.75, 3.05) is 26.2 Å². The molecule has 2 rings (SSSR count). The van der Waals surface area contributed by atoms with Crippen molar-refractivity contribution in [2.45, 2.75) is 37.9 Å². The van der Waals surface area contributed by atoms with Gasteiger partial charge in [0.1, 0.15) is 12.2 Å². The number of rotatable bonds is 8. The van der Waals surface area contributed by atoms with Crippen molar-refractivity contribution < 1.29 is 39.1 Å². The molecule has 0 aromatic rings. The van der Waals surface area contributed by atoms with Gasteiger partial charge in [-0.05, 0) is 25.7 Å². The molecule has 2 aliphatic rings. The van der Waals surface area contributed by atoms with Crippen LogP contribution in [0.5, 0.6) is 0 Å². The van der Waals surface area contributed by atoms with Crippen LogP contribution in [0.25, 0.3) is 0 Å². The van der Waals surface area contributed by atoms with Crippen LogP contribution in [0.3, 0.4) is 0 Å². The number of carbonyl (C=O) groups is 2. The Kier molecular flexibility index (Phi) is 7.88. The molecule has 156 valence electrons. The summed E-state index contributed by atoms with van der Waals surface area (Å²) in [4.78, 5) is 62.9. The van der Waals surface area contributed by atoms with Crippen LogP contribution in [0.2, 0.25) is 0 Å². The third-order valence-electron chi connectivity index (χ3n) is 4.07. The van der Waals surface area contributed by atoms with Gasteiger partial charge >= 0.3 is 11.9 Å². The molecule has 2 aliphatic heterocycles. The van der Waals surface area contributed by atoms with Crippen molar-refractivity contribution in [1.82, 2.24) is 10.1 Å². The van der Waals surface area contributed by atoms with E-state index in [1.807, 2.05) is 0 Å². The predicted octanol–water partition coefficient (Wildman–Crippen LogP) is -0.196. The van der Waals surface area contributed by atoms with E-state index in [2.05, 4.69) is 9.68 Å². The van der Waals surface area contributed by atoms with Crippen molar-refractivity contribution >= 4 is 11.9 Å². The fourth-order valence-electron chi connectivity index (χ4n) is 2.75. The highest BCUT2D eigenvalue weighted by atomic mass is 17.0. The first-order valence-corrected chi connectivity index (χ1v) is 8.56. The average molecular weight is 404 g/mol. The van der Waals surface area contributed by atoms with E-state index in [0.29, 0.717) is 25.7 Å². The summed E-state index contributed by atoms with van der Waals surface area (Å²) in [5, 5.41) is 21.5. The Morgan fingerprint density at radius 1 is 0.750 bits per heavy atom. The molecule has 2 saturated heterocycles. The number of hydroxylamine groups is 4. The molecule has 0 atom stereocenters. The van der Waals surface area contributed by atoms with E-state index in [4.69, 9.17) is 9.68 Å². The maximum absolute atomic E-state index is 11.7. The highest BCUT2D eigenvalue weighted by Crippen LogP contribution is 2.15. The maximum atomic E-state index is 11.7. The summed E-state index contributed by atoms with van der Waals surface area (Å²) in [6.45, 7) is 1.07. The quantitative estimate of drug-likeness (QED) is 0.298. The molecular weight excluding hydrogens is 384 g/mol. The van der Waals surface area contributed by atoms with Crippen molar-refractivity contribution in [2.24, 2.45) is 0 Å². The Morgan fingerprint density at radius 3 is 1.36 bits per heavy atom. The van der Waals surface area contributed by atoms with E-state index >= 15 is 0 Å². The standard InChI is InChI=1S/C14H20N4O10/c19-13(27-15-7-3-11(4-8-15)25-17(21)22)1-2-14(20)28-16-9-5-12(6-10-16)26-18(23)24/h1-2,11-12H,3-10H2/b2-1+. The van der Waals surface area contributed by atoms with Gasteiger partial charge in [-0.2, -0.15) is 0 Å². The smallest absolute Gasteiger partial charge is 0.349 e. The summed E-state index contributed by atoms with van der Waals surface area (Å²) in [5.41, 5.74) is 0. The fraction of sp³-hybridized carbons (Fsp3) is 0.714. The molecule has 14 heteroatoms. The first-order chi connectivity index (χ1) is 13.3. The number of hydrogen-bond donors (Lipinski definition) is 0. The first-order valence-electron chi connectivity index (χ1n) is 8.56. The van der Waals surface area contributed by atoms with E-state index < -0.39 is 34.3 Å². The van der Waals surface area contributed by atoms with Crippen LogP contribution in [0.1, 0.15) is 25.7 Å². The Hall–Kier alpha value is -3.00. The lowest BCUT2D eigenvalue weighted by molar-refractivity contribution is -0.769. The minimum absolute atomic E-state index is 0.268. The van der Waals surface area contributed by atoms with E-state index in [9.17, 15) is 29.8 Å². The number of carbonyl (C=O) groups excluding carboxylic acids is 2. The summed E-state index contributed by atoms with van der Waals surface area (Å²) in [7, 11) is 0. The first kappa shape index (κ1) is 21.3. The molecule has 0 bridgehead atoms. The molecule has 0 N–H and O–H groups in total. The SMILES string of the molecule is O=C(/C=C/C(=O)ON1CCC(O[N+](=O)[O-])CC1)ON1CCC(O[N+](=O)[O-])CC1. The molecule has 0 unspecified atom stereocenters. The summed E-state index contributed by atoms with van der Waals surface area (Å²) in [6.07, 6.45) is 2.07. The molecule has 0 aliphatic carbocycles. The van der Waals surface area contributed by atoms with Crippen LogP contribution in [-0.2, 0) is 28.9 Å². The van der Waals surface area contributed by atoms with Crippen LogP contribution >= 0.6 is 0 Å². The van der Waals surface area contributed by atoms with Gasteiger partial charge in [-0.3, -0.25) is 0 Å². The van der Waals surface area contributed by atoms with Crippen LogP contribution in [0.15, 0.2) is 12.2 Å². The summed E-state index contributed by atoms with van der Waals surface area (Å²) in [6, 6.07) is 0. The van der Waals surface area contributed by atoms with Gasteiger partial charge in [-0.25, -0.2) is 9.59 Å². The topological polar surface area (TPSA) is 164 Å². The average Bonchev–Trinajstić information content (AvgIpc) is 2.62. The maximum Gasteiger partial charge on any atom is 0.349 e. The van der Waals surface area contributed by atoms with Gasteiger partial charge in [0, 0.05) is 38.3 Å². The monoisotopic (exact) mass is 404 g/mol. The van der Waals surface area contributed by atoms with Crippen LogP contribution in [0, 0.1) is 20.2 Å². The summed E-state index contributed by atoms with van der Waals surface area (Å²) >= 11 is 0.